The van der Waals surface area contributed by atoms with E-state index in [1.807, 2.05) is 0 Å². The van der Waals surface area contributed by atoms with Crippen LogP contribution in [-0.4, -0.2) is 30.3 Å². The molecule has 102 valence electrons. The molecule has 1 fully saturated rings. The van der Waals surface area contributed by atoms with Crippen LogP contribution in [0.3, 0.4) is 0 Å². The van der Waals surface area contributed by atoms with Crippen molar-refractivity contribution in [1.82, 2.24) is 5.32 Å². The molecule has 3 nitrogen and oxygen atoms in total. The first-order valence-corrected chi connectivity index (χ1v) is 7.09. The Morgan fingerprint density at radius 1 is 1.35 bits per heavy atom. The van der Waals surface area contributed by atoms with Gasteiger partial charge in [-0.05, 0) is 50.0 Å². The van der Waals surface area contributed by atoms with Crippen molar-refractivity contribution in [3.8, 4) is 0 Å². The largest absolute Gasteiger partial charge is 0.394 e. The molecule has 1 aliphatic carbocycles. The Hall–Kier alpha value is -0.120. The fourth-order valence-electron chi connectivity index (χ4n) is 2.64. The van der Waals surface area contributed by atoms with Gasteiger partial charge in [-0.3, -0.25) is 0 Å². The number of rotatable bonds is 6. The summed E-state index contributed by atoms with van der Waals surface area (Å²) < 4.78 is 0. The van der Waals surface area contributed by atoms with E-state index in [1.54, 1.807) is 0 Å². The van der Waals surface area contributed by atoms with E-state index in [-0.39, 0.29) is 12.1 Å². The lowest BCUT2D eigenvalue weighted by Crippen LogP contribution is -2.53. The molecule has 0 aromatic carbocycles. The lowest BCUT2D eigenvalue weighted by molar-refractivity contribution is 0.0989. The maximum atomic E-state index is 9.66. The van der Waals surface area contributed by atoms with Crippen LogP contribution in [0.5, 0.6) is 0 Å². The summed E-state index contributed by atoms with van der Waals surface area (Å²) in [6.07, 6.45) is 4.64. The van der Waals surface area contributed by atoms with Crippen molar-refractivity contribution in [2.75, 3.05) is 19.7 Å². The quantitative estimate of drug-likeness (QED) is 0.665. The molecule has 4 N–H and O–H groups in total. The van der Waals surface area contributed by atoms with Crippen LogP contribution in [0.15, 0.2) is 0 Å². The summed E-state index contributed by atoms with van der Waals surface area (Å²) in [5.74, 6) is 1.93. The fourth-order valence-corrected chi connectivity index (χ4v) is 2.64. The Morgan fingerprint density at radius 3 is 2.35 bits per heavy atom. The molecule has 0 bridgehead atoms. The van der Waals surface area contributed by atoms with E-state index in [0.717, 1.165) is 31.8 Å². The summed E-state index contributed by atoms with van der Waals surface area (Å²) in [4.78, 5) is 0. The maximum absolute atomic E-state index is 9.66. The fraction of sp³-hybridized carbons (Fsp3) is 1.00. The van der Waals surface area contributed by atoms with E-state index >= 15 is 0 Å². The van der Waals surface area contributed by atoms with Crippen LogP contribution in [0, 0.1) is 17.8 Å². The summed E-state index contributed by atoms with van der Waals surface area (Å²) in [7, 11) is 0. The summed E-state index contributed by atoms with van der Waals surface area (Å²) in [5.41, 5.74) is 5.76. The van der Waals surface area contributed by atoms with E-state index in [1.165, 1.54) is 12.8 Å². The van der Waals surface area contributed by atoms with Gasteiger partial charge >= 0.3 is 0 Å². The molecule has 1 atom stereocenters. The van der Waals surface area contributed by atoms with Gasteiger partial charge < -0.3 is 16.2 Å². The minimum Gasteiger partial charge on any atom is -0.394 e. The van der Waals surface area contributed by atoms with Crippen molar-refractivity contribution < 1.29 is 5.11 Å². The highest BCUT2D eigenvalue weighted by molar-refractivity contribution is 4.92. The number of aliphatic hydroxyl groups excluding tert-OH is 1. The van der Waals surface area contributed by atoms with E-state index < -0.39 is 0 Å². The summed E-state index contributed by atoms with van der Waals surface area (Å²) >= 11 is 0. The van der Waals surface area contributed by atoms with Gasteiger partial charge in [-0.25, -0.2) is 0 Å². The number of hydrogen-bond donors (Lipinski definition) is 3. The lowest BCUT2D eigenvalue weighted by Gasteiger charge is -2.40. The Kier molecular flexibility index (Phi) is 5.90. The second-order valence-electron chi connectivity index (χ2n) is 6.24. The van der Waals surface area contributed by atoms with E-state index in [4.69, 9.17) is 5.73 Å². The molecular weight excluding hydrogens is 212 g/mol. The number of nitrogens with two attached hydrogens (primary N) is 1. The van der Waals surface area contributed by atoms with Crippen molar-refractivity contribution in [1.29, 1.82) is 0 Å². The van der Waals surface area contributed by atoms with E-state index in [2.05, 4.69) is 26.1 Å². The van der Waals surface area contributed by atoms with Crippen LogP contribution in [-0.2, 0) is 0 Å². The Bertz CT molecular complexity index is 210. The molecule has 0 radical (unpaired) electrons. The maximum Gasteiger partial charge on any atom is 0.0613 e. The Labute approximate surface area is 106 Å². The first kappa shape index (κ1) is 14.9. The molecule has 1 unspecified atom stereocenters. The minimum absolute atomic E-state index is 0.0329. The molecule has 0 amide bonds. The second-order valence-corrected chi connectivity index (χ2v) is 6.24. The first-order chi connectivity index (χ1) is 8.03. The van der Waals surface area contributed by atoms with Crippen LogP contribution in [0.25, 0.3) is 0 Å². The van der Waals surface area contributed by atoms with Crippen molar-refractivity contribution in [2.24, 2.45) is 23.5 Å². The van der Waals surface area contributed by atoms with Crippen LogP contribution in [0.1, 0.15) is 46.5 Å². The SMILES string of the molecule is CC1CCC(CO)(NCC(CN)C(C)C)CC1. The molecule has 17 heavy (non-hydrogen) atoms. The van der Waals surface area contributed by atoms with Crippen LogP contribution < -0.4 is 11.1 Å². The highest BCUT2D eigenvalue weighted by Crippen LogP contribution is 2.31. The van der Waals surface area contributed by atoms with Gasteiger partial charge in [-0.1, -0.05) is 20.8 Å². The predicted octanol–water partition coefficient (Wildman–Crippen LogP) is 1.75. The summed E-state index contributed by atoms with van der Waals surface area (Å²) in [6, 6.07) is 0. The van der Waals surface area contributed by atoms with E-state index in [9.17, 15) is 5.11 Å². The smallest absolute Gasteiger partial charge is 0.0613 e. The molecule has 1 saturated carbocycles. The lowest BCUT2D eigenvalue weighted by atomic mass is 9.77. The average molecular weight is 242 g/mol. The topological polar surface area (TPSA) is 58.3 Å². The molecule has 0 aliphatic heterocycles. The van der Waals surface area contributed by atoms with Crippen LogP contribution in [0.4, 0.5) is 0 Å². The molecule has 0 saturated heterocycles. The number of nitrogens with one attached hydrogen (secondary N) is 1. The van der Waals surface area contributed by atoms with Gasteiger partial charge in [0.25, 0.3) is 0 Å². The van der Waals surface area contributed by atoms with Gasteiger partial charge in [-0.15, -0.1) is 0 Å². The average Bonchev–Trinajstić information content (AvgIpc) is 2.32. The molecule has 0 spiro atoms. The van der Waals surface area contributed by atoms with Crippen LogP contribution in [0.2, 0.25) is 0 Å². The normalized spacial score (nSPS) is 31.8. The first-order valence-electron chi connectivity index (χ1n) is 7.09. The second kappa shape index (κ2) is 6.72. The van der Waals surface area contributed by atoms with Crippen molar-refractivity contribution >= 4 is 0 Å². The van der Waals surface area contributed by atoms with Crippen molar-refractivity contribution in [3.63, 3.8) is 0 Å². The van der Waals surface area contributed by atoms with Gasteiger partial charge in [0, 0.05) is 12.1 Å². The van der Waals surface area contributed by atoms with E-state index in [0.29, 0.717) is 11.8 Å². The molecule has 1 aliphatic rings. The summed E-state index contributed by atoms with van der Waals surface area (Å²) in [5, 5.41) is 13.3. The highest BCUT2D eigenvalue weighted by atomic mass is 16.3. The van der Waals surface area contributed by atoms with Crippen LogP contribution >= 0.6 is 0 Å². The molecular formula is C14H30N2O. The molecule has 3 heteroatoms. The Morgan fingerprint density at radius 2 is 1.94 bits per heavy atom. The molecule has 0 aromatic rings. The minimum atomic E-state index is -0.0329. The zero-order valence-corrected chi connectivity index (χ0v) is 11.7. The monoisotopic (exact) mass is 242 g/mol. The molecule has 1 rings (SSSR count). The zero-order chi connectivity index (χ0) is 12.9. The third-order valence-corrected chi connectivity index (χ3v) is 4.52. The van der Waals surface area contributed by atoms with Gasteiger partial charge in [-0.2, -0.15) is 0 Å². The van der Waals surface area contributed by atoms with Gasteiger partial charge in [0.1, 0.15) is 0 Å². The molecule has 0 aromatic heterocycles. The third kappa shape index (κ3) is 4.23. The number of hydrogen-bond acceptors (Lipinski definition) is 3. The zero-order valence-electron chi connectivity index (χ0n) is 11.7. The molecule has 0 heterocycles. The van der Waals surface area contributed by atoms with Crippen molar-refractivity contribution in [2.45, 2.75) is 52.0 Å². The highest BCUT2D eigenvalue weighted by Gasteiger charge is 2.33. The van der Waals surface area contributed by atoms with Gasteiger partial charge in [0.2, 0.25) is 0 Å². The standard InChI is InChI=1S/C14H30N2O/c1-11(2)13(8-15)9-16-14(10-17)6-4-12(3)5-7-14/h11-13,16-17H,4-10,15H2,1-3H3. The summed E-state index contributed by atoms with van der Waals surface area (Å²) in [6.45, 7) is 8.65. The predicted molar refractivity (Wildman–Crippen MR) is 72.8 cm³/mol. The third-order valence-electron chi connectivity index (χ3n) is 4.52. The Balaban J connectivity index is 2.46. The van der Waals surface area contributed by atoms with Gasteiger partial charge in [0.05, 0.1) is 6.61 Å². The van der Waals surface area contributed by atoms with Crippen molar-refractivity contribution in [3.05, 3.63) is 0 Å². The number of aliphatic hydroxyl groups is 1. The van der Waals surface area contributed by atoms with Gasteiger partial charge in [0.15, 0.2) is 0 Å².